The molecule has 3 aromatic heterocycles. The molecule has 166 valence electrons. The Kier molecular flexibility index (Phi) is 4.49. The van der Waals surface area contributed by atoms with Crippen molar-refractivity contribution >= 4 is 23.3 Å². The molecule has 0 spiro atoms. The Labute approximate surface area is 184 Å². The molecule has 0 aliphatic carbocycles. The Morgan fingerprint density at radius 1 is 1.12 bits per heavy atom. The predicted octanol–water partition coefficient (Wildman–Crippen LogP) is 0.766. The van der Waals surface area contributed by atoms with E-state index in [0.717, 1.165) is 31.0 Å². The summed E-state index contributed by atoms with van der Waals surface area (Å²) in [5.41, 5.74) is 1.76. The van der Waals surface area contributed by atoms with Gasteiger partial charge in [0.25, 0.3) is 0 Å². The van der Waals surface area contributed by atoms with Gasteiger partial charge in [-0.15, -0.1) is 0 Å². The highest BCUT2D eigenvalue weighted by Crippen LogP contribution is 2.34. The van der Waals surface area contributed by atoms with Crippen LogP contribution in [0, 0.1) is 17.7 Å². The summed E-state index contributed by atoms with van der Waals surface area (Å²) < 4.78 is 16.4. The first-order valence-corrected chi connectivity index (χ1v) is 11.0. The van der Waals surface area contributed by atoms with Crippen molar-refractivity contribution in [2.24, 2.45) is 11.8 Å². The van der Waals surface area contributed by atoms with Gasteiger partial charge < -0.3 is 24.4 Å². The largest absolute Gasteiger partial charge is 0.352 e. The molecule has 9 nitrogen and oxygen atoms in total. The van der Waals surface area contributed by atoms with Crippen molar-refractivity contribution < 1.29 is 9.18 Å². The minimum atomic E-state index is -0.447. The van der Waals surface area contributed by atoms with Gasteiger partial charge in [-0.2, -0.15) is 4.98 Å². The third kappa shape index (κ3) is 3.17. The first-order valence-electron chi connectivity index (χ1n) is 11.0. The monoisotopic (exact) mass is 436 g/mol. The number of imidazole rings is 1. The molecule has 32 heavy (non-hydrogen) atoms. The topological polar surface area (TPSA) is 81.9 Å². The van der Waals surface area contributed by atoms with Gasteiger partial charge in [0.2, 0.25) is 11.9 Å². The summed E-state index contributed by atoms with van der Waals surface area (Å²) in [7, 11) is 2.13. The second-order valence-electron chi connectivity index (χ2n) is 9.01. The number of nitrogens with zero attached hydrogens (tertiary/aromatic N) is 7. The standard InChI is InChI=1S/C22H25FN8O/c1-28-9-14-10-30(13-18(14)28)22-26-8-17(23)20(27-22)29-11-15(12-29)21(32)25-7-16-6-24-19-4-2-3-5-31(16)19/h2-6,8,14-15,18H,7,9-13H2,1H3,(H,25,32). The van der Waals surface area contributed by atoms with E-state index in [1.54, 1.807) is 6.20 Å². The van der Waals surface area contributed by atoms with Gasteiger partial charge in [-0.25, -0.2) is 14.4 Å². The number of likely N-dealkylation sites (tertiary alicyclic amines) is 1. The quantitative estimate of drug-likeness (QED) is 0.633. The van der Waals surface area contributed by atoms with Crippen molar-refractivity contribution in [2.45, 2.75) is 12.6 Å². The van der Waals surface area contributed by atoms with Crippen LogP contribution < -0.4 is 15.1 Å². The maximum absolute atomic E-state index is 14.5. The second-order valence-corrected chi connectivity index (χ2v) is 9.01. The molecule has 1 N–H and O–H groups in total. The Morgan fingerprint density at radius 3 is 2.81 bits per heavy atom. The van der Waals surface area contributed by atoms with Gasteiger partial charge in [-0.3, -0.25) is 4.79 Å². The van der Waals surface area contributed by atoms with Crippen molar-refractivity contribution in [3.8, 4) is 0 Å². The van der Waals surface area contributed by atoms with Crippen LogP contribution in [0.4, 0.5) is 16.2 Å². The lowest BCUT2D eigenvalue weighted by atomic mass is 9.93. The van der Waals surface area contributed by atoms with Gasteiger partial charge >= 0.3 is 0 Å². The lowest BCUT2D eigenvalue weighted by Crippen LogP contribution is -2.54. The first-order chi connectivity index (χ1) is 15.6. The molecule has 6 heterocycles. The maximum Gasteiger partial charge on any atom is 0.227 e. The van der Waals surface area contributed by atoms with Crippen LogP contribution in [-0.4, -0.2) is 76.0 Å². The number of carbonyl (C=O) groups is 1. The van der Waals surface area contributed by atoms with Gasteiger partial charge in [-0.1, -0.05) is 6.07 Å². The molecule has 6 rings (SSSR count). The molecule has 3 aliphatic heterocycles. The van der Waals surface area contributed by atoms with Crippen LogP contribution >= 0.6 is 0 Å². The molecule has 3 aliphatic rings. The molecule has 10 heteroatoms. The Balaban J connectivity index is 1.07. The van der Waals surface area contributed by atoms with Crippen LogP contribution in [0.25, 0.3) is 5.65 Å². The van der Waals surface area contributed by atoms with E-state index in [0.29, 0.717) is 37.5 Å². The molecule has 0 radical (unpaired) electrons. The number of fused-ring (bicyclic) bond motifs is 2. The molecule has 2 atom stereocenters. The number of hydrogen-bond acceptors (Lipinski definition) is 7. The number of amides is 1. The van der Waals surface area contributed by atoms with Crippen LogP contribution in [0.1, 0.15) is 5.69 Å². The van der Waals surface area contributed by atoms with E-state index in [-0.39, 0.29) is 17.6 Å². The Morgan fingerprint density at radius 2 is 2.00 bits per heavy atom. The number of nitrogens with one attached hydrogen (secondary N) is 1. The van der Waals surface area contributed by atoms with Crippen LogP contribution in [0.15, 0.2) is 36.8 Å². The highest BCUT2D eigenvalue weighted by atomic mass is 19.1. The van der Waals surface area contributed by atoms with Crippen LogP contribution in [0.2, 0.25) is 0 Å². The van der Waals surface area contributed by atoms with E-state index in [9.17, 15) is 9.18 Å². The maximum atomic E-state index is 14.5. The number of likely N-dealkylation sites (N-methyl/N-ethyl adjacent to an activating group) is 1. The molecular weight excluding hydrogens is 411 g/mol. The van der Waals surface area contributed by atoms with Crippen molar-refractivity contribution in [2.75, 3.05) is 49.6 Å². The number of rotatable bonds is 5. The van der Waals surface area contributed by atoms with E-state index < -0.39 is 5.82 Å². The van der Waals surface area contributed by atoms with Crippen LogP contribution in [0.5, 0.6) is 0 Å². The Bertz CT molecular complexity index is 1180. The van der Waals surface area contributed by atoms with Gasteiger partial charge in [0.1, 0.15) is 5.65 Å². The molecule has 1 amide bonds. The number of carbonyl (C=O) groups excluding carboxylic acids is 1. The summed E-state index contributed by atoms with van der Waals surface area (Å²) in [5.74, 6) is 0.821. The molecule has 0 bridgehead atoms. The van der Waals surface area contributed by atoms with Crippen molar-refractivity contribution in [1.82, 2.24) is 29.6 Å². The normalized spacial score (nSPS) is 23.2. The minimum Gasteiger partial charge on any atom is -0.352 e. The fourth-order valence-corrected chi connectivity index (χ4v) is 5.04. The van der Waals surface area contributed by atoms with Crippen LogP contribution in [0.3, 0.4) is 0 Å². The molecule has 3 fully saturated rings. The molecule has 0 aromatic carbocycles. The molecule has 2 unspecified atom stereocenters. The third-order valence-corrected chi connectivity index (χ3v) is 6.98. The number of pyridine rings is 1. The zero-order chi connectivity index (χ0) is 21.8. The number of aromatic nitrogens is 4. The molecule has 3 aromatic rings. The van der Waals surface area contributed by atoms with E-state index in [1.165, 1.54) is 6.20 Å². The highest BCUT2D eigenvalue weighted by molar-refractivity contribution is 5.81. The molecule has 0 saturated carbocycles. The van der Waals surface area contributed by atoms with Gasteiger partial charge in [0, 0.05) is 50.9 Å². The fourth-order valence-electron chi connectivity index (χ4n) is 5.04. The summed E-state index contributed by atoms with van der Waals surface area (Å²) >= 11 is 0. The second kappa shape index (κ2) is 7.40. The summed E-state index contributed by atoms with van der Waals surface area (Å²) in [6, 6.07) is 6.32. The SMILES string of the molecule is CN1CC2CN(c3ncc(F)c(N4CC(C(=O)NCc5cnc6ccccn56)C4)n3)CC21. The van der Waals surface area contributed by atoms with E-state index in [4.69, 9.17) is 0 Å². The summed E-state index contributed by atoms with van der Waals surface area (Å²) in [6.45, 7) is 4.17. The number of hydrogen-bond donors (Lipinski definition) is 1. The van der Waals surface area contributed by atoms with Crippen LogP contribution in [-0.2, 0) is 11.3 Å². The molecular formula is C22H25FN8O. The van der Waals surface area contributed by atoms with E-state index in [1.807, 2.05) is 33.7 Å². The average molecular weight is 436 g/mol. The lowest BCUT2D eigenvalue weighted by Gasteiger charge is -2.40. The summed E-state index contributed by atoms with van der Waals surface area (Å²) in [5, 5.41) is 2.98. The fraction of sp³-hybridized carbons (Fsp3) is 0.455. The predicted molar refractivity (Wildman–Crippen MR) is 117 cm³/mol. The zero-order valence-corrected chi connectivity index (χ0v) is 17.9. The molecule has 3 saturated heterocycles. The van der Waals surface area contributed by atoms with Gasteiger partial charge in [-0.05, 0) is 19.2 Å². The smallest absolute Gasteiger partial charge is 0.227 e. The Hall–Kier alpha value is -3.27. The summed E-state index contributed by atoms with van der Waals surface area (Å²) in [6.07, 6.45) is 4.94. The van der Waals surface area contributed by atoms with E-state index in [2.05, 4.69) is 37.1 Å². The van der Waals surface area contributed by atoms with Crippen molar-refractivity contribution in [1.29, 1.82) is 0 Å². The van der Waals surface area contributed by atoms with Gasteiger partial charge in [0.15, 0.2) is 11.6 Å². The first kappa shape index (κ1) is 19.4. The average Bonchev–Trinajstić information content (AvgIpc) is 3.33. The number of anilines is 2. The summed E-state index contributed by atoms with van der Waals surface area (Å²) in [4.78, 5) is 32.0. The minimum absolute atomic E-state index is 0.0408. The zero-order valence-electron chi connectivity index (χ0n) is 17.9. The van der Waals surface area contributed by atoms with E-state index >= 15 is 0 Å². The lowest BCUT2D eigenvalue weighted by molar-refractivity contribution is -0.125. The van der Waals surface area contributed by atoms with Gasteiger partial charge in [0.05, 0.1) is 30.6 Å². The third-order valence-electron chi connectivity index (χ3n) is 6.98. The number of halogens is 1. The van der Waals surface area contributed by atoms with Crippen molar-refractivity contribution in [3.05, 3.63) is 48.3 Å². The highest BCUT2D eigenvalue weighted by Gasteiger charge is 2.44. The van der Waals surface area contributed by atoms with Crippen molar-refractivity contribution in [3.63, 3.8) is 0 Å².